The fourth-order valence-electron chi connectivity index (χ4n) is 6.48. The van der Waals surface area contributed by atoms with E-state index < -0.39 is 67.6 Å². The number of rotatable bonds is 30. The zero-order valence-corrected chi connectivity index (χ0v) is 35.5. The van der Waals surface area contributed by atoms with E-state index in [9.17, 15) is 39.3 Å². The second-order valence-electron chi connectivity index (χ2n) is 15.4. The van der Waals surface area contributed by atoms with Gasteiger partial charge in [-0.1, -0.05) is 84.0 Å². The lowest BCUT2D eigenvalue weighted by molar-refractivity contribution is -0.149. The van der Waals surface area contributed by atoms with E-state index in [0.717, 1.165) is 19.3 Å². The first-order chi connectivity index (χ1) is 29.3. The van der Waals surface area contributed by atoms with E-state index in [-0.39, 0.29) is 42.2 Å². The zero-order valence-electron chi connectivity index (χ0n) is 35.5. The van der Waals surface area contributed by atoms with Gasteiger partial charge in [0, 0.05) is 31.1 Å². The summed E-state index contributed by atoms with van der Waals surface area (Å²) in [6.45, 7) is 0.0284. The van der Waals surface area contributed by atoms with Crippen molar-refractivity contribution in [1.82, 2.24) is 35.9 Å². The van der Waals surface area contributed by atoms with Crippen LogP contribution in [0.15, 0.2) is 30.5 Å². The van der Waals surface area contributed by atoms with Crippen LogP contribution in [0.25, 0.3) is 11.2 Å². The Labute approximate surface area is 356 Å². The third kappa shape index (κ3) is 17.8. The van der Waals surface area contributed by atoms with E-state index in [4.69, 9.17) is 16.2 Å². The highest BCUT2D eigenvalue weighted by Gasteiger charge is 2.33. The van der Waals surface area contributed by atoms with Crippen molar-refractivity contribution in [3.8, 4) is 0 Å². The number of aliphatic carboxylic acids is 1. The number of esters is 1. The fourth-order valence-corrected chi connectivity index (χ4v) is 6.48. The Morgan fingerprint density at radius 2 is 1.43 bits per heavy atom. The van der Waals surface area contributed by atoms with Gasteiger partial charge in [-0.25, -0.2) is 14.8 Å². The average molecular weight is 853 g/mol. The average Bonchev–Trinajstić information content (AvgIpc) is 3.24. The molecule has 3 amide bonds. The van der Waals surface area contributed by atoms with Crippen molar-refractivity contribution in [2.45, 2.75) is 128 Å². The number of nitrogens with two attached hydrogens (primary N) is 2. The molecule has 0 aliphatic rings. The number of ether oxygens (including phenoxy) is 1. The Balaban J connectivity index is 1.35. The first-order valence-corrected chi connectivity index (χ1v) is 21.1. The number of hydrogen-bond donors (Lipinski definition) is 8. The van der Waals surface area contributed by atoms with E-state index in [0.29, 0.717) is 29.9 Å². The molecule has 3 rings (SSSR count). The second kappa shape index (κ2) is 26.5. The van der Waals surface area contributed by atoms with Gasteiger partial charge in [0.25, 0.3) is 5.91 Å². The molecule has 19 heteroatoms. The van der Waals surface area contributed by atoms with Crippen LogP contribution in [-0.2, 0) is 30.5 Å². The SMILES string of the molecule is CCCCCCCCCCCCCCCC(=O)OCC(CO)(CO)NC(=O)CNC(=O)CC[C@H](NC(=O)c1ccc(N(C)Cc2cnc3nc(N)nc(N)c3n2)cc1)C(=O)O. The smallest absolute Gasteiger partial charge is 0.326 e. The number of fused-ring (bicyclic) bond motifs is 1. The molecular formula is C42H64N10O9. The van der Waals surface area contributed by atoms with Crippen LogP contribution in [0.5, 0.6) is 0 Å². The standard InChI is InChI=1S/C42H64N10O9/c1-3-4-5-6-7-8-9-10-11-12-13-14-15-16-35(57)61-28-42(26-53,27-54)51-34(56)24-45-33(55)22-21-32(40(59)60)48-39(58)29-17-19-31(20-18-29)52(2)25-30-23-46-38-36(47-30)37(43)49-41(44)50-38/h17-20,23,32,53-54H,3-16,21-22,24-28H2,1-2H3,(H,45,55)(H,48,58)(H,51,56)(H,59,60)(H4,43,44,46,49,50)/t32-/m0/s1. The number of unbranched alkanes of at least 4 members (excludes halogenated alkanes) is 12. The van der Waals surface area contributed by atoms with Gasteiger partial charge in [-0.2, -0.15) is 9.97 Å². The summed E-state index contributed by atoms with van der Waals surface area (Å²) in [6, 6.07) is 4.96. The molecular weight excluding hydrogens is 789 g/mol. The number of carboxylic acid groups (broad SMARTS) is 1. The summed E-state index contributed by atoms with van der Waals surface area (Å²) in [4.78, 5) is 80.9. The maximum atomic E-state index is 12.9. The number of nitrogens with zero attached hydrogens (tertiary/aromatic N) is 5. The minimum atomic E-state index is -1.67. The maximum absolute atomic E-state index is 12.9. The molecule has 0 saturated carbocycles. The monoisotopic (exact) mass is 852 g/mol. The summed E-state index contributed by atoms with van der Waals surface area (Å²) in [5.74, 6) is -3.91. The van der Waals surface area contributed by atoms with Gasteiger partial charge in [0.15, 0.2) is 17.0 Å². The van der Waals surface area contributed by atoms with E-state index in [2.05, 4.69) is 42.8 Å². The number of carboxylic acids is 1. The van der Waals surface area contributed by atoms with Crippen LogP contribution >= 0.6 is 0 Å². The summed E-state index contributed by atoms with van der Waals surface area (Å²) in [6.07, 6.45) is 16.3. The molecule has 1 aromatic carbocycles. The van der Waals surface area contributed by atoms with Crippen LogP contribution in [0.2, 0.25) is 0 Å². The Bertz CT molecular complexity index is 1860. The van der Waals surface area contributed by atoms with Crippen LogP contribution < -0.4 is 32.3 Å². The molecule has 0 unspecified atom stereocenters. The van der Waals surface area contributed by atoms with Gasteiger partial charge >= 0.3 is 11.9 Å². The maximum Gasteiger partial charge on any atom is 0.326 e. The first kappa shape index (κ1) is 49.7. The number of anilines is 3. The molecule has 19 nitrogen and oxygen atoms in total. The molecule has 2 aromatic heterocycles. The molecule has 0 bridgehead atoms. The third-order valence-corrected chi connectivity index (χ3v) is 10.2. The lowest BCUT2D eigenvalue weighted by Gasteiger charge is -2.30. The molecule has 0 radical (unpaired) electrons. The Hall–Kier alpha value is -5.69. The summed E-state index contributed by atoms with van der Waals surface area (Å²) < 4.78 is 5.26. The van der Waals surface area contributed by atoms with E-state index in [1.54, 1.807) is 19.2 Å². The Morgan fingerprint density at radius 3 is 2.02 bits per heavy atom. The van der Waals surface area contributed by atoms with Crippen molar-refractivity contribution >= 4 is 58.3 Å². The van der Waals surface area contributed by atoms with Crippen molar-refractivity contribution in [1.29, 1.82) is 0 Å². The van der Waals surface area contributed by atoms with Gasteiger partial charge in [0.05, 0.1) is 38.2 Å². The lowest BCUT2D eigenvalue weighted by Crippen LogP contribution is -2.59. The quantitative estimate of drug-likeness (QED) is 0.0353. The number of carbonyl (C=O) groups is 5. The predicted octanol–water partition coefficient (Wildman–Crippen LogP) is 3.16. The van der Waals surface area contributed by atoms with Gasteiger partial charge < -0.3 is 52.4 Å². The minimum Gasteiger partial charge on any atom is -0.480 e. The number of amides is 3. The topological polar surface area (TPSA) is 298 Å². The summed E-state index contributed by atoms with van der Waals surface area (Å²) >= 11 is 0. The number of carbonyl (C=O) groups excluding carboxylic acids is 4. The minimum absolute atomic E-state index is 0.00936. The first-order valence-electron chi connectivity index (χ1n) is 21.1. The predicted molar refractivity (Wildman–Crippen MR) is 230 cm³/mol. The van der Waals surface area contributed by atoms with E-state index in [1.165, 1.54) is 76.1 Å². The molecule has 0 aliphatic carbocycles. The second-order valence-corrected chi connectivity index (χ2v) is 15.4. The van der Waals surface area contributed by atoms with Crippen molar-refractivity contribution in [3.05, 3.63) is 41.7 Å². The van der Waals surface area contributed by atoms with Crippen molar-refractivity contribution < 1.29 is 44.0 Å². The molecule has 0 aliphatic heterocycles. The molecule has 2 heterocycles. The highest BCUT2D eigenvalue weighted by Crippen LogP contribution is 2.19. The molecule has 336 valence electrons. The molecule has 61 heavy (non-hydrogen) atoms. The Morgan fingerprint density at radius 1 is 0.820 bits per heavy atom. The van der Waals surface area contributed by atoms with Crippen LogP contribution in [0.3, 0.4) is 0 Å². The highest BCUT2D eigenvalue weighted by atomic mass is 16.5. The van der Waals surface area contributed by atoms with Crippen LogP contribution in [0, 0.1) is 0 Å². The van der Waals surface area contributed by atoms with Crippen molar-refractivity contribution in [2.24, 2.45) is 0 Å². The largest absolute Gasteiger partial charge is 0.480 e. The molecule has 0 fully saturated rings. The van der Waals surface area contributed by atoms with Gasteiger partial charge in [0.1, 0.15) is 18.2 Å². The number of benzene rings is 1. The number of nitrogens with one attached hydrogen (secondary N) is 3. The van der Waals surface area contributed by atoms with Gasteiger partial charge in [-0.05, 0) is 37.1 Å². The van der Waals surface area contributed by atoms with E-state index in [1.807, 2.05) is 4.90 Å². The lowest BCUT2D eigenvalue weighted by atomic mass is 10.0. The molecule has 3 aromatic rings. The fraction of sp³-hybridized carbons (Fsp3) is 0.595. The van der Waals surface area contributed by atoms with Crippen molar-refractivity contribution in [2.75, 3.05) is 49.8 Å². The van der Waals surface area contributed by atoms with Crippen LogP contribution in [0.4, 0.5) is 17.5 Å². The third-order valence-electron chi connectivity index (χ3n) is 10.2. The number of aromatic nitrogens is 4. The molecule has 0 saturated heterocycles. The van der Waals surface area contributed by atoms with Gasteiger partial charge in [-0.15, -0.1) is 0 Å². The van der Waals surface area contributed by atoms with Gasteiger partial charge in [0.2, 0.25) is 17.8 Å². The molecule has 1 atom stereocenters. The summed E-state index contributed by atoms with van der Waals surface area (Å²) in [5.41, 5.74) is 11.9. The summed E-state index contributed by atoms with van der Waals surface area (Å²) in [5, 5.41) is 36.8. The van der Waals surface area contributed by atoms with Gasteiger partial charge in [-0.3, -0.25) is 19.2 Å². The number of aliphatic hydroxyl groups excluding tert-OH is 2. The molecule has 10 N–H and O–H groups in total. The number of hydrogen-bond acceptors (Lipinski definition) is 15. The van der Waals surface area contributed by atoms with Crippen LogP contribution in [-0.4, -0.2) is 110 Å². The summed E-state index contributed by atoms with van der Waals surface area (Å²) in [7, 11) is 1.80. The Kier molecular flexibility index (Phi) is 21.6. The zero-order chi connectivity index (χ0) is 44.6. The molecule has 0 spiro atoms. The normalized spacial score (nSPS) is 11.8. The van der Waals surface area contributed by atoms with Crippen LogP contribution in [0.1, 0.15) is 126 Å². The number of nitrogen functional groups attached to an aromatic ring is 2. The number of aliphatic hydroxyl groups is 2. The highest BCUT2D eigenvalue weighted by molar-refractivity contribution is 5.97. The van der Waals surface area contributed by atoms with E-state index >= 15 is 0 Å². The van der Waals surface area contributed by atoms with Crippen molar-refractivity contribution in [3.63, 3.8) is 0 Å².